The van der Waals surface area contributed by atoms with Gasteiger partial charge < -0.3 is 9.73 Å². The first-order valence-electron chi connectivity index (χ1n) is 8.98. The van der Waals surface area contributed by atoms with Gasteiger partial charge in [-0.25, -0.2) is 0 Å². The number of carbonyl (C=O) groups is 1. The maximum absolute atomic E-state index is 12.3. The lowest BCUT2D eigenvalue weighted by Crippen LogP contribution is -2.15. The Morgan fingerprint density at radius 1 is 1.25 bits per heavy atom. The van der Waals surface area contributed by atoms with E-state index in [0.29, 0.717) is 17.5 Å². The van der Waals surface area contributed by atoms with Gasteiger partial charge in [-0.2, -0.15) is 0 Å². The van der Waals surface area contributed by atoms with E-state index in [-0.39, 0.29) is 17.1 Å². The minimum absolute atomic E-state index is 0.0836. The van der Waals surface area contributed by atoms with Crippen molar-refractivity contribution in [2.24, 2.45) is 0 Å². The van der Waals surface area contributed by atoms with Crippen LogP contribution in [0.4, 0.5) is 5.69 Å². The molecule has 0 spiro atoms. The second-order valence-electron chi connectivity index (χ2n) is 7.38. The molecule has 146 valence electrons. The average molecular weight is 397 g/mol. The first kappa shape index (κ1) is 19.9. The Morgan fingerprint density at radius 2 is 2.00 bits per heavy atom. The molecule has 0 aliphatic carbocycles. The highest BCUT2D eigenvalue weighted by Gasteiger charge is 2.16. The van der Waals surface area contributed by atoms with Gasteiger partial charge in [-0.15, -0.1) is 16.8 Å². The summed E-state index contributed by atoms with van der Waals surface area (Å²) in [5.41, 5.74) is 2.93. The van der Waals surface area contributed by atoms with E-state index in [9.17, 15) is 4.79 Å². The van der Waals surface area contributed by atoms with Crippen molar-refractivity contribution in [2.45, 2.75) is 37.9 Å². The first-order chi connectivity index (χ1) is 13.4. The number of amides is 1. The van der Waals surface area contributed by atoms with E-state index in [1.165, 1.54) is 17.3 Å². The molecule has 0 bridgehead atoms. The maximum Gasteiger partial charge on any atom is 0.234 e. The van der Waals surface area contributed by atoms with Crippen LogP contribution in [0.1, 0.15) is 26.3 Å². The van der Waals surface area contributed by atoms with Gasteiger partial charge in [0, 0.05) is 12.2 Å². The number of allylic oxidation sites excluding steroid dienone is 1. The van der Waals surface area contributed by atoms with Crippen molar-refractivity contribution in [2.75, 3.05) is 11.1 Å². The number of rotatable bonds is 7. The molecule has 0 fully saturated rings. The Kier molecular flexibility index (Phi) is 6.04. The first-order valence-corrected chi connectivity index (χ1v) is 9.97. The molecule has 1 N–H and O–H groups in total. The quantitative estimate of drug-likeness (QED) is 0.461. The fraction of sp³-hybridized carbons (Fsp3) is 0.286. The highest BCUT2D eigenvalue weighted by molar-refractivity contribution is 7.99. The van der Waals surface area contributed by atoms with Crippen LogP contribution in [0.3, 0.4) is 0 Å². The molecular formula is C21H24N4O2S. The highest BCUT2D eigenvalue weighted by atomic mass is 32.2. The van der Waals surface area contributed by atoms with Gasteiger partial charge in [0.15, 0.2) is 11.0 Å². The molecule has 0 saturated heterocycles. The number of thioether (sulfide) groups is 1. The number of anilines is 1. The third-order valence-corrected chi connectivity index (χ3v) is 5.14. The van der Waals surface area contributed by atoms with Crippen LogP contribution >= 0.6 is 11.8 Å². The minimum atomic E-state index is -0.0912. The Balaban J connectivity index is 1.64. The number of nitrogens with zero attached hydrogens (tertiary/aromatic N) is 3. The number of carbonyl (C=O) groups excluding carboxylic acids is 1. The van der Waals surface area contributed by atoms with Crippen molar-refractivity contribution < 1.29 is 9.21 Å². The van der Waals surface area contributed by atoms with E-state index >= 15 is 0 Å². The highest BCUT2D eigenvalue weighted by Crippen LogP contribution is 2.25. The molecular weight excluding hydrogens is 372 g/mol. The van der Waals surface area contributed by atoms with Crippen molar-refractivity contribution in [1.82, 2.24) is 14.8 Å². The smallest absolute Gasteiger partial charge is 0.234 e. The van der Waals surface area contributed by atoms with Crippen LogP contribution in [0.15, 0.2) is 65.1 Å². The Morgan fingerprint density at radius 3 is 2.61 bits per heavy atom. The monoisotopic (exact) mass is 396 g/mol. The number of aromatic nitrogens is 3. The minimum Gasteiger partial charge on any atom is -0.472 e. The third kappa shape index (κ3) is 4.72. The van der Waals surface area contributed by atoms with Crippen LogP contribution in [0.2, 0.25) is 0 Å². The van der Waals surface area contributed by atoms with Crippen molar-refractivity contribution >= 4 is 23.4 Å². The van der Waals surface area contributed by atoms with Gasteiger partial charge in [-0.1, -0.05) is 50.7 Å². The number of hydrogen-bond donors (Lipinski definition) is 1. The predicted octanol–water partition coefficient (Wildman–Crippen LogP) is 4.75. The van der Waals surface area contributed by atoms with Crippen LogP contribution < -0.4 is 5.32 Å². The van der Waals surface area contributed by atoms with Gasteiger partial charge >= 0.3 is 0 Å². The number of hydrogen-bond acceptors (Lipinski definition) is 5. The van der Waals surface area contributed by atoms with E-state index in [1.807, 2.05) is 34.9 Å². The lowest BCUT2D eigenvalue weighted by atomic mass is 9.87. The lowest BCUT2D eigenvalue weighted by molar-refractivity contribution is -0.113. The standard InChI is InChI=1S/C21H24N4O2S/c1-5-11-25-19(15-10-12-27-13-15)23-24-20(25)28-14-18(26)22-17-8-6-16(7-9-17)21(2,3)4/h5-10,12-13H,1,11,14H2,2-4H3,(H,22,26). The third-order valence-electron chi connectivity index (χ3n) is 4.17. The zero-order valence-corrected chi connectivity index (χ0v) is 17.1. The van der Waals surface area contributed by atoms with Crippen LogP contribution in [0.25, 0.3) is 11.4 Å². The van der Waals surface area contributed by atoms with Crippen molar-refractivity contribution in [3.8, 4) is 11.4 Å². The van der Waals surface area contributed by atoms with Gasteiger partial charge in [-0.05, 0) is 29.2 Å². The Labute approximate surface area is 169 Å². The van der Waals surface area contributed by atoms with E-state index in [1.54, 1.807) is 18.6 Å². The molecule has 0 radical (unpaired) electrons. The average Bonchev–Trinajstić information content (AvgIpc) is 3.30. The number of furan rings is 1. The molecule has 28 heavy (non-hydrogen) atoms. The molecule has 2 aromatic heterocycles. The summed E-state index contributed by atoms with van der Waals surface area (Å²) in [4.78, 5) is 12.3. The van der Waals surface area contributed by atoms with E-state index in [2.05, 4.69) is 42.9 Å². The molecule has 1 amide bonds. The molecule has 0 aliphatic rings. The summed E-state index contributed by atoms with van der Waals surface area (Å²) >= 11 is 1.34. The van der Waals surface area contributed by atoms with Gasteiger partial charge in [0.2, 0.25) is 5.91 Å². The summed E-state index contributed by atoms with van der Waals surface area (Å²) < 4.78 is 7.04. The predicted molar refractivity (Wildman–Crippen MR) is 112 cm³/mol. The fourth-order valence-corrected chi connectivity index (χ4v) is 3.42. The SMILES string of the molecule is C=CCn1c(SCC(=O)Nc2ccc(C(C)(C)C)cc2)nnc1-c1ccoc1. The molecule has 2 heterocycles. The topological polar surface area (TPSA) is 73.0 Å². The zero-order chi connectivity index (χ0) is 20.1. The van der Waals surface area contributed by atoms with Gasteiger partial charge in [0.05, 0.1) is 17.6 Å². The largest absolute Gasteiger partial charge is 0.472 e. The van der Waals surface area contributed by atoms with Crippen LogP contribution in [0, 0.1) is 0 Å². The molecule has 0 atom stereocenters. The molecule has 7 heteroatoms. The van der Waals surface area contributed by atoms with Crippen LogP contribution in [-0.2, 0) is 16.8 Å². The Bertz CT molecular complexity index is 938. The summed E-state index contributed by atoms with van der Waals surface area (Å²) in [6.45, 7) is 10.8. The van der Waals surface area contributed by atoms with Gasteiger partial charge in [-0.3, -0.25) is 9.36 Å². The van der Waals surface area contributed by atoms with Crippen LogP contribution in [0.5, 0.6) is 0 Å². The summed E-state index contributed by atoms with van der Waals surface area (Å²) in [6.07, 6.45) is 4.98. The summed E-state index contributed by atoms with van der Waals surface area (Å²) in [5.74, 6) is 0.836. The number of benzene rings is 1. The zero-order valence-electron chi connectivity index (χ0n) is 16.3. The molecule has 6 nitrogen and oxygen atoms in total. The number of nitrogens with one attached hydrogen (secondary N) is 1. The second kappa shape index (κ2) is 8.48. The lowest BCUT2D eigenvalue weighted by Gasteiger charge is -2.19. The fourth-order valence-electron chi connectivity index (χ4n) is 2.68. The second-order valence-corrected chi connectivity index (χ2v) is 8.32. The molecule has 1 aromatic carbocycles. The van der Waals surface area contributed by atoms with E-state index in [4.69, 9.17) is 4.42 Å². The summed E-state index contributed by atoms with van der Waals surface area (Å²) in [7, 11) is 0. The molecule has 0 unspecified atom stereocenters. The molecule has 0 aliphatic heterocycles. The van der Waals surface area contributed by atoms with Crippen molar-refractivity contribution in [3.63, 3.8) is 0 Å². The van der Waals surface area contributed by atoms with E-state index < -0.39 is 0 Å². The Hall–Kier alpha value is -2.80. The summed E-state index contributed by atoms with van der Waals surface area (Å²) in [5, 5.41) is 12.0. The van der Waals surface area contributed by atoms with Crippen molar-refractivity contribution in [3.05, 3.63) is 61.1 Å². The van der Waals surface area contributed by atoms with Crippen molar-refractivity contribution in [1.29, 1.82) is 0 Å². The van der Waals surface area contributed by atoms with Crippen LogP contribution in [-0.4, -0.2) is 26.4 Å². The normalized spacial score (nSPS) is 11.4. The maximum atomic E-state index is 12.3. The van der Waals surface area contributed by atoms with Gasteiger partial charge in [0.25, 0.3) is 0 Å². The molecule has 3 rings (SSSR count). The summed E-state index contributed by atoms with van der Waals surface area (Å²) in [6, 6.07) is 9.77. The molecule has 0 saturated carbocycles. The van der Waals surface area contributed by atoms with E-state index in [0.717, 1.165) is 11.3 Å². The molecule has 3 aromatic rings. The van der Waals surface area contributed by atoms with Gasteiger partial charge in [0.1, 0.15) is 6.26 Å².